The normalized spacial score (nSPS) is 21.5. The van der Waals surface area contributed by atoms with Gasteiger partial charge in [-0.1, -0.05) is 29.5 Å². The van der Waals surface area contributed by atoms with Gasteiger partial charge in [-0.15, -0.1) is 5.10 Å². The van der Waals surface area contributed by atoms with E-state index in [9.17, 15) is 13.2 Å². The molecule has 1 unspecified atom stereocenters. The van der Waals surface area contributed by atoms with E-state index in [1.165, 1.54) is 0 Å². The fourth-order valence-electron chi connectivity index (χ4n) is 4.50. The first-order valence-corrected chi connectivity index (χ1v) is 12.4. The van der Waals surface area contributed by atoms with Crippen LogP contribution in [0.15, 0.2) is 48.5 Å². The molecule has 0 spiro atoms. The van der Waals surface area contributed by atoms with Crippen LogP contribution in [0.1, 0.15) is 22.3 Å². The Morgan fingerprint density at radius 2 is 1.74 bits per heavy atom. The zero-order valence-corrected chi connectivity index (χ0v) is 18.0. The number of rotatable bonds is 4. The monoisotopic (exact) mass is 439 g/mol. The molecule has 0 bridgehead atoms. The number of nitrogens with zero attached hydrogens (tertiary/aromatic N) is 5. The Bertz CT molecular complexity index is 1200. The standard InChI is InChI=1S/C22H25N5O3S/c28-22(26-12-10-25(11-13-26)19-9-14-31(29,30)16-19)18-7-5-17(6-8-18)15-27-21-4-2-1-3-20(21)23-24-27/h1-8,19H,9-16H2. The summed E-state index contributed by atoms with van der Waals surface area (Å²) in [6, 6.07) is 15.6. The van der Waals surface area contributed by atoms with Gasteiger partial charge >= 0.3 is 0 Å². The van der Waals surface area contributed by atoms with E-state index in [0.29, 0.717) is 31.6 Å². The van der Waals surface area contributed by atoms with Crippen molar-refractivity contribution in [2.45, 2.75) is 19.0 Å². The molecule has 0 saturated carbocycles. The molecule has 3 heterocycles. The van der Waals surface area contributed by atoms with Gasteiger partial charge in [0.15, 0.2) is 9.84 Å². The molecule has 2 aromatic carbocycles. The quantitative estimate of drug-likeness (QED) is 0.611. The molecule has 2 aliphatic heterocycles. The van der Waals surface area contributed by atoms with E-state index in [4.69, 9.17) is 0 Å². The number of piperazine rings is 1. The van der Waals surface area contributed by atoms with Crippen LogP contribution in [0.2, 0.25) is 0 Å². The zero-order valence-electron chi connectivity index (χ0n) is 17.2. The molecule has 5 rings (SSSR count). The Morgan fingerprint density at radius 3 is 2.45 bits per heavy atom. The summed E-state index contributed by atoms with van der Waals surface area (Å²) in [6.45, 7) is 3.30. The van der Waals surface area contributed by atoms with Crippen LogP contribution in [0, 0.1) is 0 Å². The second-order valence-corrected chi connectivity index (χ2v) is 10.5. The van der Waals surface area contributed by atoms with E-state index in [1.54, 1.807) is 0 Å². The smallest absolute Gasteiger partial charge is 0.253 e. The van der Waals surface area contributed by atoms with Crippen molar-refractivity contribution in [2.24, 2.45) is 0 Å². The average molecular weight is 440 g/mol. The summed E-state index contributed by atoms with van der Waals surface area (Å²) in [7, 11) is -2.89. The molecule has 2 aliphatic rings. The fourth-order valence-corrected chi connectivity index (χ4v) is 6.26. The zero-order chi connectivity index (χ0) is 21.4. The van der Waals surface area contributed by atoms with E-state index in [1.807, 2.05) is 58.1 Å². The van der Waals surface area contributed by atoms with Gasteiger partial charge in [0.05, 0.1) is 23.6 Å². The van der Waals surface area contributed by atoms with E-state index in [-0.39, 0.29) is 23.5 Å². The van der Waals surface area contributed by atoms with Crippen molar-refractivity contribution in [3.8, 4) is 0 Å². The van der Waals surface area contributed by atoms with Crippen molar-refractivity contribution in [1.82, 2.24) is 24.8 Å². The third-order valence-electron chi connectivity index (χ3n) is 6.28. The topological polar surface area (TPSA) is 88.4 Å². The highest BCUT2D eigenvalue weighted by atomic mass is 32.2. The lowest BCUT2D eigenvalue weighted by molar-refractivity contribution is 0.0588. The molecular formula is C22H25N5O3S. The molecule has 1 amide bonds. The van der Waals surface area contributed by atoms with Crippen LogP contribution in [0.25, 0.3) is 11.0 Å². The average Bonchev–Trinajstić information content (AvgIpc) is 3.37. The number of carbonyl (C=O) groups is 1. The molecule has 0 aliphatic carbocycles. The van der Waals surface area contributed by atoms with E-state index in [0.717, 1.165) is 29.7 Å². The Balaban J connectivity index is 1.20. The third-order valence-corrected chi connectivity index (χ3v) is 8.03. The van der Waals surface area contributed by atoms with Crippen molar-refractivity contribution in [3.05, 3.63) is 59.7 Å². The summed E-state index contributed by atoms with van der Waals surface area (Å²) in [6.07, 6.45) is 0.707. The lowest BCUT2D eigenvalue weighted by Crippen LogP contribution is -2.52. The highest BCUT2D eigenvalue weighted by molar-refractivity contribution is 7.91. The SMILES string of the molecule is O=C(c1ccc(Cn2nnc3ccccc32)cc1)N1CCN(C2CCS(=O)(=O)C2)CC1. The van der Waals surface area contributed by atoms with E-state index in [2.05, 4.69) is 15.2 Å². The predicted octanol–water partition coefficient (Wildman–Crippen LogP) is 1.42. The van der Waals surface area contributed by atoms with Crippen LogP contribution < -0.4 is 0 Å². The van der Waals surface area contributed by atoms with Gasteiger partial charge in [0.25, 0.3) is 5.91 Å². The van der Waals surface area contributed by atoms with Crippen LogP contribution in [-0.2, 0) is 16.4 Å². The number of para-hydroxylation sites is 1. The molecule has 0 N–H and O–H groups in total. The minimum absolute atomic E-state index is 0.0245. The second-order valence-electron chi connectivity index (χ2n) is 8.32. The van der Waals surface area contributed by atoms with Gasteiger partial charge in [0, 0.05) is 37.8 Å². The van der Waals surface area contributed by atoms with E-state index < -0.39 is 9.84 Å². The van der Waals surface area contributed by atoms with Crippen LogP contribution >= 0.6 is 0 Å². The molecule has 8 nitrogen and oxygen atoms in total. The molecule has 1 atom stereocenters. The largest absolute Gasteiger partial charge is 0.336 e. The van der Waals surface area contributed by atoms with Gasteiger partial charge < -0.3 is 4.90 Å². The third kappa shape index (κ3) is 4.20. The highest BCUT2D eigenvalue weighted by Crippen LogP contribution is 2.20. The minimum atomic E-state index is -2.89. The van der Waals surface area contributed by atoms with Gasteiger partial charge in [-0.05, 0) is 36.2 Å². The summed E-state index contributed by atoms with van der Waals surface area (Å²) in [5.41, 5.74) is 3.57. The van der Waals surface area contributed by atoms with Crippen molar-refractivity contribution < 1.29 is 13.2 Å². The van der Waals surface area contributed by atoms with Crippen LogP contribution in [0.4, 0.5) is 0 Å². The van der Waals surface area contributed by atoms with Crippen LogP contribution in [-0.4, -0.2) is 82.8 Å². The number of hydrogen-bond acceptors (Lipinski definition) is 6. The summed E-state index contributed by atoms with van der Waals surface area (Å²) < 4.78 is 25.3. The van der Waals surface area contributed by atoms with Crippen LogP contribution in [0.3, 0.4) is 0 Å². The Hall–Kier alpha value is -2.78. The Kier molecular flexibility index (Phi) is 5.23. The van der Waals surface area contributed by atoms with Crippen LogP contribution in [0.5, 0.6) is 0 Å². The molecule has 9 heteroatoms. The molecule has 0 radical (unpaired) electrons. The number of benzene rings is 2. The van der Waals surface area contributed by atoms with Gasteiger partial charge in [0.2, 0.25) is 0 Å². The predicted molar refractivity (Wildman–Crippen MR) is 118 cm³/mol. The molecule has 162 valence electrons. The first-order chi connectivity index (χ1) is 15.0. The number of sulfone groups is 1. The van der Waals surface area contributed by atoms with E-state index >= 15 is 0 Å². The second kappa shape index (κ2) is 8.05. The number of amides is 1. The van der Waals surface area contributed by atoms with Crippen molar-refractivity contribution in [2.75, 3.05) is 37.7 Å². The number of hydrogen-bond donors (Lipinski definition) is 0. The molecule has 2 saturated heterocycles. The van der Waals surface area contributed by atoms with Gasteiger partial charge in [-0.25, -0.2) is 13.1 Å². The van der Waals surface area contributed by atoms with Crippen molar-refractivity contribution >= 4 is 26.8 Å². The van der Waals surface area contributed by atoms with Gasteiger partial charge in [-0.2, -0.15) is 0 Å². The lowest BCUT2D eigenvalue weighted by Gasteiger charge is -2.37. The highest BCUT2D eigenvalue weighted by Gasteiger charge is 2.34. The summed E-state index contributed by atoms with van der Waals surface area (Å²) >= 11 is 0. The maximum absolute atomic E-state index is 12.9. The molecular weight excluding hydrogens is 414 g/mol. The lowest BCUT2D eigenvalue weighted by atomic mass is 10.1. The first-order valence-electron chi connectivity index (χ1n) is 10.6. The summed E-state index contributed by atoms with van der Waals surface area (Å²) in [4.78, 5) is 17.0. The molecule has 1 aromatic heterocycles. The van der Waals surface area contributed by atoms with Gasteiger partial charge in [-0.3, -0.25) is 9.69 Å². The molecule has 31 heavy (non-hydrogen) atoms. The minimum Gasteiger partial charge on any atom is -0.336 e. The molecule has 3 aromatic rings. The number of carbonyl (C=O) groups excluding carboxylic acids is 1. The number of fused-ring (bicyclic) bond motifs is 1. The molecule has 2 fully saturated rings. The summed E-state index contributed by atoms with van der Waals surface area (Å²) in [5, 5.41) is 8.40. The Labute approximate surface area is 181 Å². The van der Waals surface area contributed by atoms with Gasteiger partial charge in [0.1, 0.15) is 5.52 Å². The fraction of sp³-hybridized carbons (Fsp3) is 0.409. The Morgan fingerprint density at radius 1 is 1.00 bits per heavy atom. The first kappa shape index (κ1) is 20.1. The maximum atomic E-state index is 12.9. The van der Waals surface area contributed by atoms with Crippen molar-refractivity contribution in [3.63, 3.8) is 0 Å². The van der Waals surface area contributed by atoms with Crippen molar-refractivity contribution in [1.29, 1.82) is 0 Å². The maximum Gasteiger partial charge on any atom is 0.253 e. The summed E-state index contributed by atoms with van der Waals surface area (Å²) in [5.74, 6) is 0.563. The number of aromatic nitrogens is 3.